The van der Waals surface area contributed by atoms with E-state index in [1.165, 1.54) is 12.1 Å². The van der Waals surface area contributed by atoms with Crippen LogP contribution in [0.1, 0.15) is 18.9 Å². The summed E-state index contributed by atoms with van der Waals surface area (Å²) in [5, 5.41) is 0.657. The van der Waals surface area contributed by atoms with Crippen LogP contribution >= 0.6 is 11.6 Å². The number of fused-ring (bicyclic) bond motifs is 1. The number of H-pyrrole nitrogens is 1. The maximum absolute atomic E-state index is 13.1. The second-order valence-corrected chi connectivity index (χ2v) is 4.93. The molecule has 0 amide bonds. The van der Waals surface area contributed by atoms with E-state index in [9.17, 15) is 4.39 Å². The average molecular weight is 291 g/mol. The van der Waals surface area contributed by atoms with Gasteiger partial charge in [-0.25, -0.2) is 9.37 Å². The second kappa shape index (κ2) is 5.13. The number of rotatable bonds is 3. The fourth-order valence-electron chi connectivity index (χ4n) is 1.97. The van der Waals surface area contributed by atoms with Gasteiger partial charge in [-0.05, 0) is 49.4 Å². The highest BCUT2D eigenvalue weighted by Gasteiger charge is 2.12. The van der Waals surface area contributed by atoms with Gasteiger partial charge in [-0.15, -0.1) is 0 Å². The van der Waals surface area contributed by atoms with Crippen LogP contribution in [0.15, 0.2) is 42.5 Å². The van der Waals surface area contributed by atoms with Crippen molar-refractivity contribution in [2.45, 2.75) is 13.0 Å². The van der Waals surface area contributed by atoms with Crippen molar-refractivity contribution in [3.8, 4) is 5.75 Å². The Morgan fingerprint density at radius 2 is 1.95 bits per heavy atom. The molecule has 5 heteroatoms. The van der Waals surface area contributed by atoms with Gasteiger partial charge in [0.05, 0.1) is 11.0 Å². The number of hydrogen-bond acceptors (Lipinski definition) is 2. The predicted octanol–water partition coefficient (Wildman–Crippen LogP) is 4.50. The molecular weight excluding hydrogens is 279 g/mol. The first-order valence-electron chi connectivity index (χ1n) is 6.19. The molecule has 3 nitrogen and oxygen atoms in total. The van der Waals surface area contributed by atoms with Gasteiger partial charge in [-0.3, -0.25) is 0 Å². The monoisotopic (exact) mass is 290 g/mol. The van der Waals surface area contributed by atoms with Crippen molar-refractivity contribution in [1.29, 1.82) is 0 Å². The van der Waals surface area contributed by atoms with E-state index in [4.69, 9.17) is 16.3 Å². The van der Waals surface area contributed by atoms with Crippen LogP contribution in [-0.2, 0) is 0 Å². The van der Waals surface area contributed by atoms with Crippen molar-refractivity contribution in [1.82, 2.24) is 9.97 Å². The van der Waals surface area contributed by atoms with Crippen molar-refractivity contribution in [3.63, 3.8) is 0 Å². The normalized spacial score (nSPS) is 12.6. The highest BCUT2D eigenvalue weighted by Crippen LogP contribution is 2.23. The first kappa shape index (κ1) is 12.9. The Hall–Kier alpha value is -2.07. The van der Waals surface area contributed by atoms with Gasteiger partial charge in [0.15, 0.2) is 6.10 Å². The van der Waals surface area contributed by atoms with Gasteiger partial charge in [0.25, 0.3) is 0 Å². The molecule has 20 heavy (non-hydrogen) atoms. The molecule has 0 spiro atoms. The van der Waals surface area contributed by atoms with Crippen LogP contribution in [0.2, 0.25) is 5.02 Å². The molecular formula is C15H12ClFN2O. The van der Waals surface area contributed by atoms with Crippen LogP contribution in [0.3, 0.4) is 0 Å². The minimum Gasteiger partial charge on any atom is -0.483 e. The summed E-state index contributed by atoms with van der Waals surface area (Å²) in [6.45, 7) is 1.88. The van der Waals surface area contributed by atoms with Crippen molar-refractivity contribution >= 4 is 22.6 Å². The number of nitrogens with one attached hydrogen (secondary N) is 1. The number of aromatic nitrogens is 2. The van der Waals surface area contributed by atoms with Gasteiger partial charge in [0.2, 0.25) is 0 Å². The van der Waals surface area contributed by atoms with E-state index in [0.29, 0.717) is 27.6 Å². The third-order valence-electron chi connectivity index (χ3n) is 2.97. The van der Waals surface area contributed by atoms with E-state index in [1.807, 2.05) is 6.92 Å². The number of imidazole rings is 1. The molecule has 0 bridgehead atoms. The van der Waals surface area contributed by atoms with Crippen molar-refractivity contribution in [2.24, 2.45) is 0 Å². The summed E-state index contributed by atoms with van der Waals surface area (Å²) >= 11 is 5.82. The molecule has 0 radical (unpaired) electrons. The third kappa shape index (κ3) is 2.60. The highest BCUT2D eigenvalue weighted by molar-refractivity contribution is 6.30. The molecule has 1 N–H and O–H groups in total. The lowest BCUT2D eigenvalue weighted by atomic mass is 10.3. The fraction of sp³-hybridized carbons (Fsp3) is 0.133. The van der Waals surface area contributed by atoms with Crippen molar-refractivity contribution in [3.05, 3.63) is 59.1 Å². The lowest BCUT2D eigenvalue weighted by Crippen LogP contribution is -2.04. The molecule has 2 aromatic carbocycles. The molecule has 3 aromatic rings. The molecule has 1 heterocycles. The zero-order chi connectivity index (χ0) is 14.1. The van der Waals surface area contributed by atoms with Crippen LogP contribution in [0.5, 0.6) is 5.75 Å². The number of hydrogen-bond donors (Lipinski definition) is 1. The van der Waals surface area contributed by atoms with E-state index < -0.39 is 0 Å². The molecule has 102 valence electrons. The molecule has 1 atom stereocenters. The summed E-state index contributed by atoms with van der Waals surface area (Å²) in [6, 6.07) is 11.6. The van der Waals surface area contributed by atoms with Gasteiger partial charge in [-0.1, -0.05) is 11.6 Å². The predicted molar refractivity (Wildman–Crippen MR) is 76.5 cm³/mol. The van der Waals surface area contributed by atoms with E-state index in [1.54, 1.807) is 30.3 Å². The SMILES string of the molecule is CC(Oc1ccc(Cl)cc1)c1nc2ccc(F)cc2[nH]1. The molecule has 0 fully saturated rings. The molecule has 0 saturated carbocycles. The van der Waals surface area contributed by atoms with Crippen molar-refractivity contribution < 1.29 is 9.13 Å². The summed E-state index contributed by atoms with van der Waals surface area (Å²) < 4.78 is 18.9. The van der Waals surface area contributed by atoms with Gasteiger partial charge in [-0.2, -0.15) is 0 Å². The van der Waals surface area contributed by atoms with E-state index in [0.717, 1.165) is 0 Å². The van der Waals surface area contributed by atoms with Crippen LogP contribution in [0.25, 0.3) is 11.0 Å². The van der Waals surface area contributed by atoms with Gasteiger partial charge >= 0.3 is 0 Å². The first-order valence-corrected chi connectivity index (χ1v) is 6.57. The largest absolute Gasteiger partial charge is 0.483 e. The molecule has 1 unspecified atom stereocenters. The number of ether oxygens (including phenoxy) is 1. The number of halogens is 2. The van der Waals surface area contributed by atoms with Crippen LogP contribution in [-0.4, -0.2) is 9.97 Å². The molecule has 0 aliphatic carbocycles. The zero-order valence-electron chi connectivity index (χ0n) is 10.7. The number of aromatic amines is 1. The van der Waals surface area contributed by atoms with Crippen LogP contribution in [0, 0.1) is 5.82 Å². The van der Waals surface area contributed by atoms with Crippen molar-refractivity contribution in [2.75, 3.05) is 0 Å². The lowest BCUT2D eigenvalue weighted by Gasteiger charge is -2.12. The number of benzene rings is 2. The van der Waals surface area contributed by atoms with Crippen LogP contribution < -0.4 is 4.74 Å². The first-order chi connectivity index (χ1) is 9.61. The van der Waals surface area contributed by atoms with Crippen LogP contribution in [0.4, 0.5) is 4.39 Å². The summed E-state index contributed by atoms with van der Waals surface area (Å²) in [5.41, 5.74) is 1.37. The molecule has 0 aliphatic heterocycles. The molecule has 0 aliphatic rings. The molecule has 3 rings (SSSR count). The Balaban J connectivity index is 1.84. The summed E-state index contributed by atoms with van der Waals surface area (Å²) in [6.07, 6.45) is -0.272. The zero-order valence-corrected chi connectivity index (χ0v) is 11.5. The molecule has 1 aromatic heterocycles. The lowest BCUT2D eigenvalue weighted by molar-refractivity contribution is 0.218. The Bertz CT molecular complexity index is 739. The topological polar surface area (TPSA) is 37.9 Å². The van der Waals surface area contributed by atoms with E-state index in [2.05, 4.69) is 9.97 Å². The Kier molecular flexibility index (Phi) is 3.32. The van der Waals surface area contributed by atoms with E-state index in [-0.39, 0.29) is 11.9 Å². The second-order valence-electron chi connectivity index (χ2n) is 4.50. The fourth-order valence-corrected chi connectivity index (χ4v) is 2.09. The summed E-state index contributed by atoms with van der Waals surface area (Å²) in [5.74, 6) is 1.06. The van der Waals surface area contributed by atoms with Gasteiger partial charge in [0.1, 0.15) is 17.4 Å². The Labute approximate surface area is 120 Å². The van der Waals surface area contributed by atoms with Gasteiger partial charge in [0, 0.05) is 5.02 Å². The smallest absolute Gasteiger partial charge is 0.153 e. The van der Waals surface area contributed by atoms with E-state index >= 15 is 0 Å². The maximum atomic E-state index is 13.1. The van der Waals surface area contributed by atoms with Gasteiger partial charge < -0.3 is 9.72 Å². The standard InChI is InChI=1S/C15H12ClFN2O/c1-9(20-12-5-2-10(16)3-6-12)15-18-13-7-4-11(17)8-14(13)19-15/h2-9H,1H3,(H,18,19). The third-order valence-corrected chi connectivity index (χ3v) is 3.23. The number of nitrogens with zero attached hydrogens (tertiary/aromatic N) is 1. The quantitative estimate of drug-likeness (QED) is 0.771. The Morgan fingerprint density at radius 3 is 2.70 bits per heavy atom. The minimum absolute atomic E-state index is 0.272. The summed E-state index contributed by atoms with van der Waals surface area (Å²) in [4.78, 5) is 7.46. The minimum atomic E-state index is -0.293. The maximum Gasteiger partial charge on any atom is 0.153 e. The molecule has 0 saturated heterocycles. The summed E-state index contributed by atoms with van der Waals surface area (Å²) in [7, 11) is 0. The average Bonchev–Trinajstić information content (AvgIpc) is 2.84. The highest BCUT2D eigenvalue weighted by atomic mass is 35.5. The Morgan fingerprint density at radius 1 is 1.20 bits per heavy atom.